The summed E-state index contributed by atoms with van der Waals surface area (Å²) in [4.78, 5) is 4.46. The molecule has 0 aromatic heterocycles. The Morgan fingerprint density at radius 2 is 2.07 bits per heavy atom. The van der Waals surface area contributed by atoms with E-state index in [1.165, 1.54) is 12.1 Å². The third kappa shape index (κ3) is 5.19. The molecule has 30 heavy (non-hydrogen) atoms. The van der Waals surface area contributed by atoms with Gasteiger partial charge >= 0.3 is 0 Å². The number of aryl methyl sites for hydroxylation is 1. The van der Waals surface area contributed by atoms with Gasteiger partial charge in [0.25, 0.3) is 0 Å². The summed E-state index contributed by atoms with van der Waals surface area (Å²) < 4.78 is 13.2. The van der Waals surface area contributed by atoms with Crippen LogP contribution in [-0.4, -0.2) is 55.2 Å². The molecule has 0 amide bonds. The first-order valence-electron chi connectivity index (χ1n) is 10.4. The Labute approximate surface area is 183 Å². The third-order valence-corrected chi connectivity index (χ3v) is 6.35. The van der Waals surface area contributed by atoms with Crippen molar-refractivity contribution in [3.05, 3.63) is 70.0 Å². The number of aliphatic hydroxyl groups is 1. The summed E-state index contributed by atoms with van der Waals surface area (Å²) in [6, 6.07) is 14.2. The Bertz CT molecular complexity index is 914. The molecule has 1 heterocycles. The highest BCUT2D eigenvalue weighted by Crippen LogP contribution is 2.39. The maximum absolute atomic E-state index is 13.2. The molecule has 1 saturated heterocycles. The Hall–Kier alpha value is -1.97. The molecule has 1 aliphatic rings. The number of piperidine rings is 1. The van der Waals surface area contributed by atoms with Crippen molar-refractivity contribution >= 4 is 11.6 Å². The largest absolute Gasteiger partial charge is 0.385 e. The van der Waals surface area contributed by atoms with Gasteiger partial charge in [0, 0.05) is 36.1 Å². The lowest BCUT2D eigenvalue weighted by atomic mass is 9.74. The van der Waals surface area contributed by atoms with Gasteiger partial charge in [-0.3, -0.25) is 0 Å². The zero-order chi connectivity index (χ0) is 21.7. The van der Waals surface area contributed by atoms with E-state index in [0.717, 1.165) is 50.1 Å². The van der Waals surface area contributed by atoms with Crippen LogP contribution in [0.5, 0.6) is 0 Å². The number of nitriles is 1. The summed E-state index contributed by atoms with van der Waals surface area (Å²) in [5.74, 6) is -0.326. The number of hydrogen-bond acceptors (Lipinski definition) is 4. The van der Waals surface area contributed by atoms with Crippen molar-refractivity contribution in [3.63, 3.8) is 0 Å². The summed E-state index contributed by atoms with van der Waals surface area (Å²) in [5, 5.41) is 21.7. The topological polar surface area (TPSA) is 50.5 Å². The van der Waals surface area contributed by atoms with Gasteiger partial charge in [0.15, 0.2) is 0 Å². The van der Waals surface area contributed by atoms with Gasteiger partial charge in [-0.2, -0.15) is 5.26 Å². The third-order valence-electron chi connectivity index (χ3n) is 6.00. The number of hydrogen-bond donors (Lipinski definition) is 1. The van der Waals surface area contributed by atoms with Crippen molar-refractivity contribution in [2.75, 3.05) is 40.3 Å². The number of rotatable bonds is 7. The fourth-order valence-corrected chi connectivity index (χ4v) is 4.73. The van der Waals surface area contributed by atoms with Gasteiger partial charge in [0.05, 0.1) is 17.2 Å². The maximum atomic E-state index is 13.2. The van der Waals surface area contributed by atoms with Gasteiger partial charge in [-0.05, 0) is 63.7 Å². The number of nitrogens with zero attached hydrogens (tertiary/aromatic N) is 3. The van der Waals surface area contributed by atoms with Gasteiger partial charge in [-0.25, -0.2) is 4.39 Å². The van der Waals surface area contributed by atoms with E-state index in [9.17, 15) is 14.8 Å². The average Bonchev–Trinajstić information content (AvgIpc) is 2.71. The Kier molecular flexibility index (Phi) is 7.49. The predicted octanol–water partition coefficient (Wildman–Crippen LogP) is 4.05. The van der Waals surface area contributed by atoms with E-state index in [4.69, 9.17) is 11.6 Å². The van der Waals surface area contributed by atoms with Crippen LogP contribution in [0.3, 0.4) is 0 Å². The maximum Gasteiger partial charge on any atom is 0.124 e. The van der Waals surface area contributed by atoms with Crippen LogP contribution in [0.4, 0.5) is 4.39 Å². The normalized spacial score (nSPS) is 22.2. The number of benzene rings is 2. The van der Waals surface area contributed by atoms with E-state index in [-0.39, 0.29) is 11.7 Å². The van der Waals surface area contributed by atoms with Crippen molar-refractivity contribution in [1.82, 2.24) is 9.80 Å². The lowest BCUT2D eigenvalue weighted by molar-refractivity contribution is -0.0847. The van der Waals surface area contributed by atoms with E-state index in [0.29, 0.717) is 17.0 Å². The minimum atomic E-state index is -1.02. The van der Waals surface area contributed by atoms with Crippen LogP contribution in [0.25, 0.3) is 0 Å². The Morgan fingerprint density at radius 1 is 1.30 bits per heavy atom. The van der Waals surface area contributed by atoms with E-state index in [1.807, 2.05) is 32.3 Å². The zero-order valence-corrected chi connectivity index (χ0v) is 18.4. The molecule has 1 N–H and O–H groups in total. The van der Waals surface area contributed by atoms with Gasteiger partial charge < -0.3 is 14.9 Å². The minimum absolute atomic E-state index is 0.00911. The summed E-state index contributed by atoms with van der Waals surface area (Å²) in [5.41, 5.74) is 1.22. The molecule has 1 fully saturated rings. The van der Waals surface area contributed by atoms with Gasteiger partial charge in [-0.1, -0.05) is 35.9 Å². The fraction of sp³-hybridized carbons (Fsp3) is 0.458. The molecule has 3 rings (SSSR count). The number of halogens is 2. The highest BCUT2D eigenvalue weighted by Gasteiger charge is 2.44. The van der Waals surface area contributed by atoms with Crippen LogP contribution in [0.2, 0.25) is 5.02 Å². The lowest BCUT2D eigenvalue weighted by Crippen LogP contribution is -2.53. The smallest absolute Gasteiger partial charge is 0.124 e. The second-order valence-corrected chi connectivity index (χ2v) is 8.84. The molecule has 0 unspecified atom stereocenters. The van der Waals surface area contributed by atoms with E-state index >= 15 is 0 Å². The van der Waals surface area contributed by atoms with E-state index in [1.54, 1.807) is 12.1 Å². The fourth-order valence-electron chi connectivity index (χ4n) is 4.47. The molecule has 2 atom stereocenters. The van der Waals surface area contributed by atoms with Crippen LogP contribution in [0.15, 0.2) is 42.5 Å². The molecule has 1 aliphatic heterocycles. The van der Waals surface area contributed by atoms with Crippen LogP contribution in [-0.2, 0) is 12.0 Å². The molecular weight excluding hydrogens is 401 g/mol. The minimum Gasteiger partial charge on any atom is -0.385 e. The van der Waals surface area contributed by atoms with Crippen LogP contribution in [0.1, 0.15) is 29.5 Å². The molecule has 0 bridgehead atoms. The first-order valence-corrected chi connectivity index (χ1v) is 10.7. The molecule has 2 aromatic rings. The van der Waals surface area contributed by atoms with E-state index < -0.39 is 5.60 Å². The molecule has 4 nitrogen and oxygen atoms in total. The van der Waals surface area contributed by atoms with Crippen LogP contribution < -0.4 is 0 Å². The van der Waals surface area contributed by atoms with Gasteiger partial charge in [0.2, 0.25) is 0 Å². The molecule has 0 spiro atoms. The molecule has 2 aromatic carbocycles. The van der Waals surface area contributed by atoms with Crippen molar-refractivity contribution in [1.29, 1.82) is 5.26 Å². The van der Waals surface area contributed by atoms with Gasteiger partial charge in [0.1, 0.15) is 5.82 Å². The standard InChI is InChI=1S/C24H29ClFN3O/c1-28(2)16-20-17-29(12-5-7-18-9-10-21(26)14-23(18)25)13-11-24(20,30)22-8-4-3-6-19(22)15-27/h3-4,6,8-10,14,20,30H,5,7,11-13,16-17H2,1-2H3/t20-,24+/m0/s1. The molecule has 160 valence electrons. The highest BCUT2D eigenvalue weighted by atomic mass is 35.5. The summed E-state index contributed by atoms with van der Waals surface area (Å²) in [6.45, 7) is 3.13. The molecule has 0 radical (unpaired) electrons. The highest BCUT2D eigenvalue weighted by molar-refractivity contribution is 6.31. The molecule has 6 heteroatoms. The summed E-state index contributed by atoms with van der Waals surface area (Å²) in [7, 11) is 4.01. The molecule has 0 aliphatic carbocycles. The monoisotopic (exact) mass is 429 g/mol. The Balaban J connectivity index is 1.69. The zero-order valence-electron chi connectivity index (χ0n) is 17.6. The predicted molar refractivity (Wildman–Crippen MR) is 118 cm³/mol. The van der Waals surface area contributed by atoms with Crippen LogP contribution >= 0.6 is 11.6 Å². The number of likely N-dealkylation sites (tertiary alicyclic amines) is 1. The van der Waals surface area contributed by atoms with Crippen LogP contribution in [0, 0.1) is 23.1 Å². The SMILES string of the molecule is CN(C)C[C@H]1CN(CCCc2ccc(F)cc2Cl)CC[C@]1(O)c1ccccc1C#N. The van der Waals surface area contributed by atoms with Gasteiger partial charge in [-0.15, -0.1) is 0 Å². The molecular formula is C24H29ClFN3O. The van der Waals surface area contributed by atoms with Crippen molar-refractivity contribution in [3.8, 4) is 6.07 Å². The quantitative estimate of drug-likeness (QED) is 0.721. The van der Waals surface area contributed by atoms with Crippen molar-refractivity contribution in [2.24, 2.45) is 5.92 Å². The second kappa shape index (κ2) is 9.89. The van der Waals surface area contributed by atoms with Crippen molar-refractivity contribution in [2.45, 2.75) is 24.9 Å². The molecule has 0 saturated carbocycles. The average molecular weight is 430 g/mol. The first kappa shape index (κ1) is 22.7. The first-order chi connectivity index (χ1) is 14.3. The Morgan fingerprint density at radius 3 is 2.77 bits per heavy atom. The lowest BCUT2D eigenvalue weighted by Gasteiger charge is -2.46. The second-order valence-electron chi connectivity index (χ2n) is 8.43. The van der Waals surface area contributed by atoms with Crippen molar-refractivity contribution < 1.29 is 9.50 Å². The summed E-state index contributed by atoms with van der Waals surface area (Å²) in [6.07, 6.45) is 2.28. The van der Waals surface area contributed by atoms with E-state index in [2.05, 4.69) is 15.9 Å². The summed E-state index contributed by atoms with van der Waals surface area (Å²) >= 11 is 6.15.